The van der Waals surface area contributed by atoms with Crippen LogP contribution in [-0.2, 0) is 4.79 Å². The molecule has 1 aromatic heterocycles. The summed E-state index contributed by atoms with van der Waals surface area (Å²) in [6, 6.07) is 4.56. The molecular weight excluding hydrogens is 264 g/mol. The lowest BCUT2D eigenvalue weighted by atomic mass is 10.1. The Morgan fingerprint density at radius 2 is 2.19 bits per heavy atom. The third kappa shape index (κ3) is 4.17. The zero-order valence-corrected chi connectivity index (χ0v) is 13.3. The molecule has 5 nitrogen and oxygen atoms in total. The number of amides is 1. The summed E-state index contributed by atoms with van der Waals surface area (Å²) in [6.45, 7) is 10.3. The van der Waals surface area contributed by atoms with Gasteiger partial charge in [-0.15, -0.1) is 0 Å². The molecule has 1 unspecified atom stereocenters. The van der Waals surface area contributed by atoms with Gasteiger partial charge in [-0.05, 0) is 37.6 Å². The fourth-order valence-corrected chi connectivity index (χ4v) is 2.76. The first-order valence-corrected chi connectivity index (χ1v) is 7.81. The van der Waals surface area contributed by atoms with E-state index in [4.69, 9.17) is 0 Å². The average molecular weight is 290 g/mol. The van der Waals surface area contributed by atoms with E-state index in [0.29, 0.717) is 6.04 Å². The average Bonchev–Trinajstić information content (AvgIpc) is 2.73. The Morgan fingerprint density at radius 3 is 2.90 bits per heavy atom. The lowest BCUT2D eigenvalue weighted by Crippen LogP contribution is -2.33. The minimum Gasteiger partial charge on any atom is -0.355 e. The van der Waals surface area contributed by atoms with Crippen LogP contribution in [0.2, 0.25) is 0 Å². The summed E-state index contributed by atoms with van der Waals surface area (Å²) < 4.78 is 0. The van der Waals surface area contributed by atoms with Gasteiger partial charge in [0, 0.05) is 45.3 Å². The Balaban J connectivity index is 2.07. The Bertz CT molecular complexity index is 477. The molecule has 5 heteroatoms. The molecular formula is C16H26N4O. The van der Waals surface area contributed by atoms with E-state index in [9.17, 15) is 4.79 Å². The largest absolute Gasteiger partial charge is 0.355 e. The smallest absolute Gasteiger partial charge is 0.219 e. The number of pyridine rings is 1. The maximum absolute atomic E-state index is 11.5. The highest BCUT2D eigenvalue weighted by molar-refractivity contribution is 5.73. The number of anilines is 1. The Hall–Kier alpha value is -1.62. The normalized spacial score (nSPS) is 17.5. The number of aromatic nitrogens is 1. The molecule has 0 spiro atoms. The van der Waals surface area contributed by atoms with Crippen LogP contribution < -0.4 is 10.2 Å². The molecule has 21 heavy (non-hydrogen) atoms. The van der Waals surface area contributed by atoms with Crippen molar-refractivity contribution in [2.45, 2.75) is 33.2 Å². The lowest BCUT2D eigenvalue weighted by molar-refractivity contribution is -0.128. The number of carbonyl (C=O) groups excluding carboxylic acids is 1. The molecule has 1 amide bonds. The summed E-state index contributed by atoms with van der Waals surface area (Å²) in [5.41, 5.74) is 1.26. The van der Waals surface area contributed by atoms with Gasteiger partial charge in [-0.25, -0.2) is 4.98 Å². The van der Waals surface area contributed by atoms with E-state index in [1.54, 1.807) is 6.92 Å². The van der Waals surface area contributed by atoms with Crippen LogP contribution in [-0.4, -0.2) is 48.5 Å². The van der Waals surface area contributed by atoms with E-state index in [0.717, 1.165) is 45.0 Å². The number of nitrogens with one attached hydrogen (secondary N) is 1. The van der Waals surface area contributed by atoms with Crippen molar-refractivity contribution in [2.75, 3.05) is 37.6 Å². The van der Waals surface area contributed by atoms with Crippen LogP contribution in [0.15, 0.2) is 18.3 Å². The van der Waals surface area contributed by atoms with Gasteiger partial charge >= 0.3 is 0 Å². The first-order valence-electron chi connectivity index (χ1n) is 7.81. The van der Waals surface area contributed by atoms with Crippen molar-refractivity contribution in [1.82, 2.24) is 15.2 Å². The summed E-state index contributed by atoms with van der Waals surface area (Å²) in [6.07, 6.45) is 2.88. The van der Waals surface area contributed by atoms with E-state index in [2.05, 4.69) is 41.2 Å². The molecule has 1 aromatic rings. The summed E-state index contributed by atoms with van der Waals surface area (Å²) >= 11 is 0. The van der Waals surface area contributed by atoms with Crippen LogP contribution in [0, 0.1) is 0 Å². The van der Waals surface area contributed by atoms with Crippen LogP contribution >= 0.6 is 0 Å². The van der Waals surface area contributed by atoms with E-state index in [1.807, 2.05) is 11.1 Å². The van der Waals surface area contributed by atoms with Crippen LogP contribution in [0.4, 0.5) is 5.82 Å². The van der Waals surface area contributed by atoms with Crippen LogP contribution in [0.25, 0.3) is 0 Å². The number of hydrogen-bond donors (Lipinski definition) is 1. The minimum absolute atomic E-state index is 0.166. The molecule has 1 N–H and O–H groups in total. The van der Waals surface area contributed by atoms with Gasteiger partial charge in [0.2, 0.25) is 5.91 Å². The molecule has 0 aliphatic carbocycles. The molecule has 0 radical (unpaired) electrons. The molecule has 1 aliphatic heterocycles. The van der Waals surface area contributed by atoms with Gasteiger partial charge < -0.3 is 15.1 Å². The minimum atomic E-state index is 0.166. The fraction of sp³-hybridized carbons (Fsp3) is 0.625. The predicted molar refractivity (Wildman–Crippen MR) is 85.4 cm³/mol. The van der Waals surface area contributed by atoms with Crippen molar-refractivity contribution >= 4 is 11.7 Å². The van der Waals surface area contributed by atoms with E-state index >= 15 is 0 Å². The van der Waals surface area contributed by atoms with Gasteiger partial charge in [-0.3, -0.25) is 4.79 Å². The van der Waals surface area contributed by atoms with E-state index in [1.165, 1.54) is 5.56 Å². The predicted octanol–water partition coefficient (Wildman–Crippen LogP) is 1.81. The first-order chi connectivity index (χ1) is 10.1. The summed E-state index contributed by atoms with van der Waals surface area (Å²) in [5, 5.41) is 3.43. The number of hydrogen-bond acceptors (Lipinski definition) is 4. The SMILES string of the molecule is CCNC(C)c1ccnc(N2CCCN(C(C)=O)CC2)c1. The second-order valence-corrected chi connectivity index (χ2v) is 5.57. The van der Waals surface area contributed by atoms with Crippen molar-refractivity contribution in [1.29, 1.82) is 0 Å². The second-order valence-electron chi connectivity index (χ2n) is 5.57. The second kappa shape index (κ2) is 7.41. The monoisotopic (exact) mass is 290 g/mol. The van der Waals surface area contributed by atoms with Crippen molar-refractivity contribution in [3.05, 3.63) is 23.9 Å². The van der Waals surface area contributed by atoms with Crippen molar-refractivity contribution in [2.24, 2.45) is 0 Å². The summed E-state index contributed by atoms with van der Waals surface area (Å²) in [4.78, 5) is 20.2. The zero-order chi connectivity index (χ0) is 15.2. The maximum Gasteiger partial charge on any atom is 0.219 e. The van der Waals surface area contributed by atoms with Gasteiger partial charge in [0.15, 0.2) is 0 Å². The molecule has 2 heterocycles. The number of rotatable bonds is 4. The zero-order valence-electron chi connectivity index (χ0n) is 13.3. The molecule has 0 saturated carbocycles. The molecule has 1 aliphatic rings. The van der Waals surface area contributed by atoms with Gasteiger partial charge in [-0.1, -0.05) is 6.92 Å². The third-order valence-electron chi connectivity index (χ3n) is 4.05. The molecule has 0 aromatic carbocycles. The number of nitrogens with zero attached hydrogens (tertiary/aromatic N) is 3. The Morgan fingerprint density at radius 1 is 1.38 bits per heavy atom. The summed E-state index contributed by atoms with van der Waals surface area (Å²) in [7, 11) is 0. The molecule has 0 bridgehead atoms. The molecule has 1 fully saturated rings. The van der Waals surface area contributed by atoms with Crippen LogP contribution in [0.3, 0.4) is 0 Å². The number of carbonyl (C=O) groups is 1. The topological polar surface area (TPSA) is 48.5 Å². The van der Waals surface area contributed by atoms with Gasteiger partial charge in [0.05, 0.1) is 0 Å². The standard InChI is InChI=1S/C16H26N4O/c1-4-17-13(2)15-6-7-18-16(12-15)20-9-5-8-19(10-11-20)14(3)21/h6-7,12-13,17H,4-5,8-11H2,1-3H3. The first kappa shape index (κ1) is 15.8. The molecule has 2 rings (SSSR count). The highest BCUT2D eigenvalue weighted by Crippen LogP contribution is 2.19. The quantitative estimate of drug-likeness (QED) is 0.919. The molecule has 1 atom stereocenters. The molecule has 1 saturated heterocycles. The van der Waals surface area contributed by atoms with Gasteiger partial charge in [0.1, 0.15) is 5.82 Å². The highest BCUT2D eigenvalue weighted by atomic mass is 16.2. The maximum atomic E-state index is 11.5. The van der Waals surface area contributed by atoms with Gasteiger partial charge in [-0.2, -0.15) is 0 Å². The van der Waals surface area contributed by atoms with Crippen molar-refractivity contribution < 1.29 is 4.79 Å². The highest BCUT2D eigenvalue weighted by Gasteiger charge is 2.18. The molecule has 116 valence electrons. The van der Waals surface area contributed by atoms with E-state index in [-0.39, 0.29) is 5.91 Å². The lowest BCUT2D eigenvalue weighted by Gasteiger charge is -2.23. The van der Waals surface area contributed by atoms with Gasteiger partial charge in [0.25, 0.3) is 0 Å². The Labute approximate surface area is 127 Å². The van der Waals surface area contributed by atoms with Crippen molar-refractivity contribution in [3.8, 4) is 0 Å². The van der Waals surface area contributed by atoms with E-state index < -0.39 is 0 Å². The Kier molecular flexibility index (Phi) is 5.56. The van der Waals surface area contributed by atoms with Crippen molar-refractivity contribution in [3.63, 3.8) is 0 Å². The third-order valence-corrected chi connectivity index (χ3v) is 4.05. The fourth-order valence-electron chi connectivity index (χ4n) is 2.76. The van der Waals surface area contributed by atoms with Crippen LogP contribution in [0.5, 0.6) is 0 Å². The summed E-state index contributed by atoms with van der Waals surface area (Å²) in [5.74, 6) is 1.18. The van der Waals surface area contributed by atoms with Crippen LogP contribution in [0.1, 0.15) is 38.8 Å².